The van der Waals surface area contributed by atoms with Gasteiger partial charge in [-0.05, 0) is 0 Å². The molecule has 0 amide bonds. The Morgan fingerprint density at radius 1 is 1.38 bits per heavy atom. The third kappa shape index (κ3) is 3.27. The van der Waals surface area contributed by atoms with Gasteiger partial charge in [0.05, 0.1) is 6.54 Å². The Morgan fingerprint density at radius 2 is 1.92 bits per heavy atom. The van der Waals surface area contributed by atoms with Crippen molar-refractivity contribution < 1.29 is 9.59 Å². The summed E-state index contributed by atoms with van der Waals surface area (Å²) in [5.74, 6) is 0.709. The lowest BCUT2D eigenvalue weighted by molar-refractivity contribution is -0.126. The molecule has 1 fully saturated rings. The van der Waals surface area contributed by atoms with Crippen molar-refractivity contribution in [3.05, 3.63) is 0 Å². The minimum Gasteiger partial charge on any atom is -0.300 e. The maximum Gasteiger partial charge on any atom is 0.149 e. The molecule has 1 aliphatic rings. The molecule has 0 aromatic heterocycles. The molecule has 74 valence electrons. The Labute approximate surface area is 79.1 Å². The minimum atomic E-state index is 0.109. The van der Waals surface area contributed by atoms with Crippen LogP contribution in [0.5, 0.6) is 0 Å². The van der Waals surface area contributed by atoms with E-state index in [1.807, 2.05) is 13.8 Å². The van der Waals surface area contributed by atoms with Crippen molar-refractivity contribution in [2.45, 2.75) is 26.7 Å². The number of hydrogen-bond donors (Lipinski definition) is 0. The molecule has 0 unspecified atom stereocenters. The average Bonchev–Trinajstić information content (AvgIpc) is 2.08. The van der Waals surface area contributed by atoms with Crippen LogP contribution in [0, 0.1) is 5.92 Å². The second kappa shape index (κ2) is 4.51. The van der Waals surface area contributed by atoms with Crippen molar-refractivity contribution in [2.75, 3.05) is 19.6 Å². The van der Waals surface area contributed by atoms with Gasteiger partial charge in [-0.25, -0.2) is 0 Å². The molecule has 0 atom stereocenters. The van der Waals surface area contributed by atoms with Crippen LogP contribution >= 0.6 is 0 Å². The van der Waals surface area contributed by atoms with E-state index in [-0.39, 0.29) is 11.7 Å². The molecule has 1 rings (SSSR count). The number of carbonyl (C=O) groups is 2. The first-order valence-corrected chi connectivity index (χ1v) is 4.86. The summed E-state index contributed by atoms with van der Waals surface area (Å²) < 4.78 is 0. The fourth-order valence-electron chi connectivity index (χ4n) is 1.36. The van der Waals surface area contributed by atoms with E-state index in [0.717, 1.165) is 13.1 Å². The number of nitrogens with zero attached hydrogens (tertiary/aromatic N) is 1. The van der Waals surface area contributed by atoms with Crippen molar-refractivity contribution in [3.63, 3.8) is 0 Å². The number of likely N-dealkylation sites (tertiary alicyclic amines) is 1. The highest BCUT2D eigenvalue weighted by Gasteiger charge is 2.19. The Balaban J connectivity index is 2.30. The third-order valence-corrected chi connectivity index (χ3v) is 2.44. The average molecular weight is 183 g/mol. The van der Waals surface area contributed by atoms with Gasteiger partial charge in [0.1, 0.15) is 11.6 Å². The number of ketones is 2. The van der Waals surface area contributed by atoms with Crippen LogP contribution in [0.4, 0.5) is 0 Å². The summed E-state index contributed by atoms with van der Waals surface area (Å²) in [5, 5.41) is 0. The molecule has 0 aromatic carbocycles. The molecular formula is C10H17NO2. The Hall–Kier alpha value is -0.700. The standard InChI is InChI=1S/C10H17NO2/c1-8(2)10(13)7-11-5-3-9(12)4-6-11/h8H,3-7H2,1-2H3. The highest BCUT2D eigenvalue weighted by atomic mass is 16.1. The smallest absolute Gasteiger partial charge is 0.149 e. The second-order valence-electron chi connectivity index (χ2n) is 3.94. The van der Waals surface area contributed by atoms with Gasteiger partial charge in [0.25, 0.3) is 0 Å². The number of rotatable bonds is 3. The zero-order valence-corrected chi connectivity index (χ0v) is 8.38. The van der Waals surface area contributed by atoms with Crippen LogP contribution < -0.4 is 0 Å². The number of hydrogen-bond acceptors (Lipinski definition) is 3. The lowest BCUT2D eigenvalue weighted by atomic mass is 10.1. The molecule has 0 radical (unpaired) electrons. The van der Waals surface area contributed by atoms with Crippen molar-refractivity contribution in [1.82, 2.24) is 4.90 Å². The van der Waals surface area contributed by atoms with E-state index in [1.165, 1.54) is 0 Å². The summed E-state index contributed by atoms with van der Waals surface area (Å²) in [6.07, 6.45) is 1.23. The lowest BCUT2D eigenvalue weighted by Gasteiger charge is -2.25. The van der Waals surface area contributed by atoms with Gasteiger partial charge in [-0.15, -0.1) is 0 Å². The molecule has 1 saturated heterocycles. The molecule has 0 bridgehead atoms. The van der Waals surface area contributed by atoms with Gasteiger partial charge in [0.2, 0.25) is 0 Å². The highest BCUT2D eigenvalue weighted by molar-refractivity contribution is 5.83. The highest BCUT2D eigenvalue weighted by Crippen LogP contribution is 2.06. The molecule has 3 heteroatoms. The molecule has 3 nitrogen and oxygen atoms in total. The van der Waals surface area contributed by atoms with E-state index in [2.05, 4.69) is 4.90 Å². The Bertz CT molecular complexity index is 201. The lowest BCUT2D eigenvalue weighted by Crippen LogP contribution is -2.38. The predicted octanol–water partition coefficient (Wildman–Crippen LogP) is 0.876. The molecular weight excluding hydrogens is 166 g/mol. The first kappa shape index (κ1) is 10.4. The fraction of sp³-hybridized carbons (Fsp3) is 0.800. The van der Waals surface area contributed by atoms with E-state index < -0.39 is 0 Å². The molecule has 13 heavy (non-hydrogen) atoms. The van der Waals surface area contributed by atoms with Crippen molar-refractivity contribution in [2.24, 2.45) is 5.92 Å². The van der Waals surface area contributed by atoms with Crippen LogP contribution in [-0.4, -0.2) is 36.1 Å². The van der Waals surface area contributed by atoms with Gasteiger partial charge in [0, 0.05) is 31.8 Å². The summed E-state index contributed by atoms with van der Waals surface area (Å²) in [5.41, 5.74) is 0. The minimum absolute atomic E-state index is 0.109. The van der Waals surface area contributed by atoms with Gasteiger partial charge in [-0.1, -0.05) is 13.8 Å². The van der Waals surface area contributed by atoms with Crippen molar-refractivity contribution in [1.29, 1.82) is 0 Å². The first-order valence-electron chi connectivity index (χ1n) is 4.86. The van der Waals surface area contributed by atoms with Crippen LogP contribution in [0.15, 0.2) is 0 Å². The fourth-order valence-corrected chi connectivity index (χ4v) is 1.36. The third-order valence-electron chi connectivity index (χ3n) is 2.44. The summed E-state index contributed by atoms with van der Waals surface area (Å²) in [6, 6.07) is 0. The topological polar surface area (TPSA) is 37.4 Å². The molecule has 0 spiro atoms. The first-order chi connectivity index (χ1) is 6.09. The van der Waals surface area contributed by atoms with Gasteiger partial charge in [0.15, 0.2) is 0 Å². The molecule has 0 saturated carbocycles. The van der Waals surface area contributed by atoms with E-state index in [9.17, 15) is 9.59 Å². The van der Waals surface area contributed by atoms with Crippen molar-refractivity contribution >= 4 is 11.6 Å². The molecule has 1 heterocycles. The number of carbonyl (C=O) groups excluding carboxylic acids is 2. The van der Waals surface area contributed by atoms with Gasteiger partial charge < -0.3 is 0 Å². The Morgan fingerprint density at radius 3 is 2.38 bits per heavy atom. The molecule has 0 N–H and O–H groups in total. The van der Waals surface area contributed by atoms with E-state index >= 15 is 0 Å². The molecule has 1 aliphatic heterocycles. The summed E-state index contributed by atoms with van der Waals surface area (Å²) >= 11 is 0. The summed E-state index contributed by atoms with van der Waals surface area (Å²) in [4.78, 5) is 24.4. The maximum absolute atomic E-state index is 11.4. The number of piperidine rings is 1. The monoisotopic (exact) mass is 183 g/mol. The van der Waals surface area contributed by atoms with Crippen LogP contribution in [-0.2, 0) is 9.59 Å². The predicted molar refractivity (Wildman–Crippen MR) is 50.5 cm³/mol. The zero-order valence-electron chi connectivity index (χ0n) is 8.38. The molecule has 0 aliphatic carbocycles. The zero-order chi connectivity index (χ0) is 9.84. The maximum atomic E-state index is 11.4. The van der Waals surface area contributed by atoms with Crippen LogP contribution in [0.3, 0.4) is 0 Å². The number of Topliss-reactive ketones (excluding diaryl/α,β-unsaturated/α-hetero) is 2. The normalized spacial score (nSPS) is 19.5. The Kier molecular flexibility index (Phi) is 3.60. The van der Waals surface area contributed by atoms with Crippen LogP contribution in [0.1, 0.15) is 26.7 Å². The largest absolute Gasteiger partial charge is 0.300 e. The summed E-state index contributed by atoms with van der Waals surface area (Å²) in [6.45, 7) is 5.87. The van der Waals surface area contributed by atoms with Crippen LogP contribution in [0.2, 0.25) is 0 Å². The van der Waals surface area contributed by atoms with E-state index in [4.69, 9.17) is 0 Å². The van der Waals surface area contributed by atoms with Gasteiger partial charge in [-0.2, -0.15) is 0 Å². The molecule has 0 aromatic rings. The SMILES string of the molecule is CC(C)C(=O)CN1CCC(=O)CC1. The van der Waals surface area contributed by atoms with E-state index in [1.54, 1.807) is 0 Å². The van der Waals surface area contributed by atoms with E-state index in [0.29, 0.717) is 25.2 Å². The van der Waals surface area contributed by atoms with Crippen LogP contribution in [0.25, 0.3) is 0 Å². The summed E-state index contributed by atoms with van der Waals surface area (Å²) in [7, 11) is 0. The van der Waals surface area contributed by atoms with Crippen molar-refractivity contribution in [3.8, 4) is 0 Å². The second-order valence-corrected chi connectivity index (χ2v) is 3.94. The quantitative estimate of drug-likeness (QED) is 0.651. The van der Waals surface area contributed by atoms with Gasteiger partial charge in [-0.3, -0.25) is 14.5 Å². The van der Waals surface area contributed by atoms with Gasteiger partial charge >= 0.3 is 0 Å².